The second-order valence-corrected chi connectivity index (χ2v) is 8.05. The second-order valence-electron chi connectivity index (χ2n) is 6.88. The molecule has 1 fully saturated rings. The summed E-state index contributed by atoms with van der Waals surface area (Å²) in [5.41, 5.74) is 1.17. The molecule has 146 valence electrons. The van der Waals surface area contributed by atoms with Crippen molar-refractivity contribution in [2.75, 3.05) is 44.2 Å². The Balaban J connectivity index is 1.42. The van der Waals surface area contributed by atoms with Gasteiger partial charge in [-0.05, 0) is 24.1 Å². The van der Waals surface area contributed by atoms with Gasteiger partial charge in [-0.25, -0.2) is 4.98 Å². The van der Waals surface area contributed by atoms with E-state index in [4.69, 9.17) is 16.6 Å². The first-order valence-electron chi connectivity index (χ1n) is 9.56. The third kappa shape index (κ3) is 6.16. The Bertz CT molecular complexity index is 728. The molecule has 1 aromatic heterocycles. The van der Waals surface area contributed by atoms with Gasteiger partial charge in [0.05, 0.1) is 39.3 Å². The molecule has 8 heteroatoms. The summed E-state index contributed by atoms with van der Waals surface area (Å²) >= 11 is 7.41. The third-order valence-electron chi connectivity index (χ3n) is 4.75. The van der Waals surface area contributed by atoms with Crippen molar-refractivity contribution in [1.82, 2.24) is 14.7 Å². The summed E-state index contributed by atoms with van der Waals surface area (Å²) in [7, 11) is 0. The van der Waals surface area contributed by atoms with Crippen LogP contribution in [-0.4, -0.2) is 54.5 Å². The fraction of sp³-hybridized carbons (Fsp3) is 0.526. The zero-order chi connectivity index (χ0) is 19.1. The standard InChI is InChI=1S/C19H26ClN5OS/c1-2-3-18(26)21-8-9-24-10-12-25(13-11-24)19-22-17(23-27-19)14-15-4-6-16(20)7-5-15/h4-7H,2-3,8-14H2,1H3,(H,21,26)/p+1. The predicted molar refractivity (Wildman–Crippen MR) is 110 cm³/mol. The number of carbonyl (C=O) groups is 1. The summed E-state index contributed by atoms with van der Waals surface area (Å²) < 4.78 is 4.52. The number of benzene rings is 1. The van der Waals surface area contributed by atoms with Crippen molar-refractivity contribution >= 4 is 34.2 Å². The van der Waals surface area contributed by atoms with Gasteiger partial charge in [0.15, 0.2) is 0 Å². The molecule has 0 atom stereocenters. The number of anilines is 1. The summed E-state index contributed by atoms with van der Waals surface area (Å²) in [5, 5.41) is 4.76. The quantitative estimate of drug-likeness (QED) is 0.693. The van der Waals surface area contributed by atoms with Crippen LogP contribution in [0.2, 0.25) is 5.02 Å². The van der Waals surface area contributed by atoms with E-state index >= 15 is 0 Å². The first-order chi connectivity index (χ1) is 13.1. The summed E-state index contributed by atoms with van der Waals surface area (Å²) in [5.74, 6) is 1.03. The van der Waals surface area contributed by atoms with E-state index in [-0.39, 0.29) is 5.91 Å². The predicted octanol–water partition coefficient (Wildman–Crippen LogP) is 1.40. The molecule has 2 heterocycles. The molecule has 3 rings (SSSR count). The first kappa shape index (κ1) is 20.0. The van der Waals surface area contributed by atoms with Crippen LogP contribution < -0.4 is 15.1 Å². The second kappa shape index (κ2) is 10.0. The minimum Gasteiger partial charge on any atom is -0.350 e. The Hall–Kier alpha value is -1.70. The summed E-state index contributed by atoms with van der Waals surface area (Å²) in [4.78, 5) is 20.1. The normalized spacial score (nSPS) is 15.1. The SMILES string of the molecule is CCCC(=O)NCC[NH+]1CCN(c2nc(Cc3ccc(Cl)cc3)ns2)CC1. The zero-order valence-corrected chi connectivity index (χ0v) is 17.3. The van der Waals surface area contributed by atoms with Gasteiger partial charge in [-0.2, -0.15) is 4.37 Å². The number of halogens is 1. The van der Waals surface area contributed by atoms with Gasteiger partial charge in [0.2, 0.25) is 11.0 Å². The molecular formula is C19H27ClN5OS+. The molecule has 0 unspecified atom stereocenters. The number of hydrogen-bond donors (Lipinski definition) is 2. The van der Waals surface area contributed by atoms with Crippen LogP contribution in [0.1, 0.15) is 31.2 Å². The Morgan fingerprint density at radius 2 is 2.04 bits per heavy atom. The van der Waals surface area contributed by atoms with Crippen molar-refractivity contribution in [2.24, 2.45) is 0 Å². The molecule has 1 aliphatic rings. The van der Waals surface area contributed by atoms with Gasteiger partial charge in [-0.3, -0.25) is 4.79 Å². The molecule has 2 aromatic rings. The number of hydrogen-bond acceptors (Lipinski definition) is 5. The highest BCUT2D eigenvalue weighted by Crippen LogP contribution is 2.19. The molecule has 0 radical (unpaired) electrons. The molecule has 1 aliphatic heterocycles. The lowest BCUT2D eigenvalue weighted by molar-refractivity contribution is -0.899. The van der Waals surface area contributed by atoms with Gasteiger partial charge in [-0.1, -0.05) is 30.7 Å². The van der Waals surface area contributed by atoms with Crippen LogP contribution >= 0.6 is 23.1 Å². The molecule has 1 saturated heterocycles. The fourth-order valence-corrected chi connectivity index (χ4v) is 4.05. The van der Waals surface area contributed by atoms with Crippen LogP contribution in [0.3, 0.4) is 0 Å². The minimum absolute atomic E-state index is 0.164. The molecular weight excluding hydrogens is 382 g/mol. The van der Waals surface area contributed by atoms with E-state index in [0.29, 0.717) is 6.42 Å². The highest BCUT2D eigenvalue weighted by atomic mass is 35.5. The Morgan fingerprint density at radius 1 is 1.30 bits per heavy atom. The van der Waals surface area contributed by atoms with E-state index in [0.717, 1.165) is 68.1 Å². The van der Waals surface area contributed by atoms with E-state index in [1.807, 2.05) is 31.2 Å². The molecule has 0 bridgehead atoms. The molecule has 0 spiro atoms. The number of aromatic nitrogens is 2. The van der Waals surface area contributed by atoms with Crippen LogP contribution in [0.4, 0.5) is 5.13 Å². The maximum Gasteiger partial charge on any atom is 0.220 e. The van der Waals surface area contributed by atoms with Crippen molar-refractivity contribution in [1.29, 1.82) is 0 Å². The number of piperazine rings is 1. The number of rotatable bonds is 8. The average molecular weight is 409 g/mol. The highest BCUT2D eigenvalue weighted by molar-refractivity contribution is 7.09. The third-order valence-corrected chi connectivity index (χ3v) is 5.82. The summed E-state index contributed by atoms with van der Waals surface area (Å²) in [6.07, 6.45) is 2.26. The van der Waals surface area contributed by atoms with Gasteiger partial charge in [-0.15, -0.1) is 0 Å². The highest BCUT2D eigenvalue weighted by Gasteiger charge is 2.22. The molecule has 1 aromatic carbocycles. The van der Waals surface area contributed by atoms with Crippen LogP contribution in [0.5, 0.6) is 0 Å². The maximum absolute atomic E-state index is 11.5. The lowest BCUT2D eigenvalue weighted by Gasteiger charge is -2.31. The van der Waals surface area contributed by atoms with Crippen LogP contribution in [-0.2, 0) is 11.2 Å². The lowest BCUT2D eigenvalue weighted by atomic mass is 10.1. The largest absolute Gasteiger partial charge is 0.350 e. The molecule has 1 amide bonds. The molecule has 2 N–H and O–H groups in total. The average Bonchev–Trinajstić information content (AvgIpc) is 3.13. The first-order valence-corrected chi connectivity index (χ1v) is 10.7. The summed E-state index contributed by atoms with van der Waals surface area (Å²) in [6.45, 7) is 7.87. The zero-order valence-electron chi connectivity index (χ0n) is 15.7. The van der Waals surface area contributed by atoms with E-state index in [1.54, 1.807) is 0 Å². The monoisotopic (exact) mass is 408 g/mol. The van der Waals surface area contributed by atoms with Crippen molar-refractivity contribution in [3.63, 3.8) is 0 Å². The fourth-order valence-electron chi connectivity index (χ4n) is 3.19. The lowest BCUT2D eigenvalue weighted by Crippen LogP contribution is -3.15. The minimum atomic E-state index is 0.164. The molecule has 27 heavy (non-hydrogen) atoms. The van der Waals surface area contributed by atoms with Crippen molar-refractivity contribution in [2.45, 2.75) is 26.2 Å². The number of nitrogens with zero attached hydrogens (tertiary/aromatic N) is 3. The van der Waals surface area contributed by atoms with Crippen LogP contribution in [0.15, 0.2) is 24.3 Å². The molecule has 0 aliphatic carbocycles. The Kier molecular flexibility index (Phi) is 7.43. The van der Waals surface area contributed by atoms with E-state index in [9.17, 15) is 4.79 Å². The molecule has 6 nitrogen and oxygen atoms in total. The number of amides is 1. The van der Waals surface area contributed by atoms with Crippen molar-refractivity contribution in [3.8, 4) is 0 Å². The smallest absolute Gasteiger partial charge is 0.220 e. The number of quaternary nitrogens is 1. The van der Waals surface area contributed by atoms with Gasteiger partial charge in [0.1, 0.15) is 5.82 Å². The molecule has 0 saturated carbocycles. The topological polar surface area (TPSA) is 62.6 Å². The van der Waals surface area contributed by atoms with E-state index in [2.05, 4.69) is 14.6 Å². The van der Waals surface area contributed by atoms with Crippen LogP contribution in [0.25, 0.3) is 0 Å². The summed E-state index contributed by atoms with van der Waals surface area (Å²) in [6, 6.07) is 7.84. The van der Waals surface area contributed by atoms with Gasteiger partial charge >= 0.3 is 0 Å². The number of nitrogens with one attached hydrogen (secondary N) is 2. The van der Waals surface area contributed by atoms with E-state index < -0.39 is 0 Å². The Labute approximate surface area is 169 Å². The van der Waals surface area contributed by atoms with Gasteiger partial charge in [0, 0.05) is 29.4 Å². The van der Waals surface area contributed by atoms with E-state index in [1.165, 1.54) is 22.0 Å². The maximum atomic E-state index is 11.5. The van der Waals surface area contributed by atoms with Gasteiger partial charge in [0.25, 0.3) is 0 Å². The number of carbonyl (C=O) groups excluding carboxylic acids is 1. The van der Waals surface area contributed by atoms with Gasteiger partial charge < -0.3 is 15.1 Å². The Morgan fingerprint density at radius 3 is 2.74 bits per heavy atom. The van der Waals surface area contributed by atoms with Crippen molar-refractivity contribution in [3.05, 3.63) is 40.7 Å². The van der Waals surface area contributed by atoms with Crippen LogP contribution in [0, 0.1) is 0 Å². The van der Waals surface area contributed by atoms with Crippen molar-refractivity contribution < 1.29 is 9.69 Å².